The molecule has 0 aliphatic heterocycles. The van der Waals surface area contributed by atoms with Crippen LogP contribution in [0.25, 0.3) is 0 Å². The predicted octanol–water partition coefficient (Wildman–Crippen LogP) is 3.02. The van der Waals surface area contributed by atoms with Gasteiger partial charge < -0.3 is 5.73 Å². The molecule has 2 rings (SSSR count). The summed E-state index contributed by atoms with van der Waals surface area (Å²) in [6.07, 6.45) is 5.98. The topological polar surface area (TPSA) is 38.9 Å². The number of hydrogen-bond acceptors (Lipinski definition) is 3. The van der Waals surface area contributed by atoms with Crippen LogP contribution >= 0.6 is 27.3 Å². The van der Waals surface area contributed by atoms with E-state index in [0.717, 1.165) is 22.5 Å². The number of thiazole rings is 1. The minimum Gasteiger partial charge on any atom is -0.320 e. The monoisotopic (exact) mass is 260 g/mol. The summed E-state index contributed by atoms with van der Waals surface area (Å²) in [4.78, 5) is 4.42. The molecule has 4 heteroatoms. The van der Waals surface area contributed by atoms with Gasteiger partial charge in [-0.15, -0.1) is 11.3 Å². The van der Waals surface area contributed by atoms with Crippen molar-refractivity contribution in [3.8, 4) is 0 Å². The standard InChI is InChI=1S/C9H13BrN2S/c10-8-12-7(6-13-8)9(11)4-2-1-3-5-9/h6H,1-5,11H2. The number of halogens is 1. The highest BCUT2D eigenvalue weighted by Crippen LogP contribution is 2.35. The molecule has 1 fully saturated rings. The van der Waals surface area contributed by atoms with E-state index in [1.54, 1.807) is 11.3 Å². The van der Waals surface area contributed by atoms with Crippen molar-refractivity contribution in [1.82, 2.24) is 4.98 Å². The average molecular weight is 261 g/mol. The van der Waals surface area contributed by atoms with Gasteiger partial charge in [-0.1, -0.05) is 19.3 Å². The van der Waals surface area contributed by atoms with Gasteiger partial charge in [-0.05, 0) is 28.8 Å². The van der Waals surface area contributed by atoms with Gasteiger partial charge in [-0.25, -0.2) is 4.98 Å². The Labute approximate surface area is 90.7 Å². The van der Waals surface area contributed by atoms with Crippen LogP contribution in [0.5, 0.6) is 0 Å². The van der Waals surface area contributed by atoms with Crippen LogP contribution in [0.3, 0.4) is 0 Å². The molecule has 0 amide bonds. The first-order valence-corrected chi connectivity index (χ1v) is 6.28. The highest BCUT2D eigenvalue weighted by atomic mass is 79.9. The number of nitrogens with two attached hydrogens (primary N) is 1. The Balaban J connectivity index is 2.22. The fourth-order valence-electron chi connectivity index (χ4n) is 1.92. The number of rotatable bonds is 1. The van der Waals surface area contributed by atoms with Crippen LogP contribution in [0.2, 0.25) is 0 Å². The number of hydrogen-bond donors (Lipinski definition) is 1. The second-order valence-electron chi connectivity index (χ2n) is 3.70. The molecule has 0 saturated heterocycles. The Morgan fingerprint density at radius 3 is 2.62 bits per heavy atom. The molecule has 2 nitrogen and oxygen atoms in total. The van der Waals surface area contributed by atoms with Crippen LogP contribution in [0.4, 0.5) is 0 Å². The van der Waals surface area contributed by atoms with Gasteiger partial charge in [0.1, 0.15) is 0 Å². The smallest absolute Gasteiger partial charge is 0.159 e. The van der Waals surface area contributed by atoms with Crippen molar-refractivity contribution in [3.63, 3.8) is 0 Å². The van der Waals surface area contributed by atoms with Crippen molar-refractivity contribution >= 4 is 27.3 Å². The van der Waals surface area contributed by atoms with Gasteiger partial charge in [0.05, 0.1) is 11.2 Å². The SMILES string of the molecule is NC1(c2csc(Br)n2)CCCCC1. The molecule has 1 heterocycles. The van der Waals surface area contributed by atoms with E-state index in [9.17, 15) is 0 Å². The molecule has 72 valence electrons. The average Bonchev–Trinajstić information content (AvgIpc) is 2.54. The maximum atomic E-state index is 6.32. The fourth-order valence-corrected chi connectivity index (χ4v) is 3.04. The first kappa shape index (κ1) is 9.62. The molecule has 1 aromatic heterocycles. The maximum Gasteiger partial charge on any atom is 0.159 e. The summed E-state index contributed by atoms with van der Waals surface area (Å²) in [6, 6.07) is 0. The van der Waals surface area contributed by atoms with Crippen LogP contribution < -0.4 is 5.73 Å². The zero-order valence-corrected chi connectivity index (χ0v) is 9.83. The van der Waals surface area contributed by atoms with E-state index < -0.39 is 0 Å². The predicted molar refractivity (Wildman–Crippen MR) is 58.8 cm³/mol. The Kier molecular flexibility index (Phi) is 2.72. The second kappa shape index (κ2) is 3.67. The lowest BCUT2D eigenvalue weighted by Crippen LogP contribution is -2.38. The quantitative estimate of drug-likeness (QED) is 0.843. The highest BCUT2D eigenvalue weighted by Gasteiger charge is 2.31. The Morgan fingerprint density at radius 1 is 1.38 bits per heavy atom. The van der Waals surface area contributed by atoms with Gasteiger partial charge in [0.15, 0.2) is 3.92 Å². The van der Waals surface area contributed by atoms with E-state index >= 15 is 0 Å². The molecule has 0 atom stereocenters. The summed E-state index contributed by atoms with van der Waals surface area (Å²) in [5, 5.41) is 2.08. The van der Waals surface area contributed by atoms with Gasteiger partial charge in [-0.3, -0.25) is 0 Å². The van der Waals surface area contributed by atoms with E-state index in [1.165, 1.54) is 19.3 Å². The molecule has 0 bridgehead atoms. The van der Waals surface area contributed by atoms with Gasteiger partial charge in [0.25, 0.3) is 0 Å². The summed E-state index contributed by atoms with van der Waals surface area (Å²) in [7, 11) is 0. The Bertz CT molecular complexity index is 292. The third-order valence-corrected chi connectivity index (χ3v) is 4.10. The Hall–Kier alpha value is 0.0700. The third kappa shape index (κ3) is 1.95. The molecule has 1 aliphatic rings. The molecule has 1 saturated carbocycles. The summed E-state index contributed by atoms with van der Waals surface area (Å²) in [6.45, 7) is 0. The molecule has 0 spiro atoms. The summed E-state index contributed by atoms with van der Waals surface area (Å²) < 4.78 is 0.942. The van der Waals surface area contributed by atoms with Crippen LogP contribution in [0.1, 0.15) is 37.8 Å². The van der Waals surface area contributed by atoms with Gasteiger partial charge in [0.2, 0.25) is 0 Å². The summed E-state index contributed by atoms with van der Waals surface area (Å²) >= 11 is 5.00. The molecule has 2 N–H and O–H groups in total. The fraction of sp³-hybridized carbons (Fsp3) is 0.667. The lowest BCUT2D eigenvalue weighted by atomic mass is 9.81. The summed E-state index contributed by atoms with van der Waals surface area (Å²) in [5.41, 5.74) is 7.25. The van der Waals surface area contributed by atoms with E-state index in [0.29, 0.717) is 0 Å². The van der Waals surface area contributed by atoms with Crippen LogP contribution in [0, 0.1) is 0 Å². The van der Waals surface area contributed by atoms with Gasteiger partial charge in [0, 0.05) is 5.38 Å². The first-order valence-electron chi connectivity index (χ1n) is 4.61. The molecular weight excluding hydrogens is 248 g/mol. The van der Waals surface area contributed by atoms with Crippen LogP contribution in [0.15, 0.2) is 9.30 Å². The lowest BCUT2D eigenvalue weighted by Gasteiger charge is -2.31. The summed E-state index contributed by atoms with van der Waals surface area (Å²) in [5.74, 6) is 0. The normalized spacial score (nSPS) is 21.7. The van der Waals surface area contributed by atoms with Gasteiger partial charge in [-0.2, -0.15) is 0 Å². The Morgan fingerprint density at radius 2 is 2.08 bits per heavy atom. The van der Waals surface area contributed by atoms with E-state index in [-0.39, 0.29) is 5.54 Å². The van der Waals surface area contributed by atoms with Crippen LogP contribution in [-0.2, 0) is 5.54 Å². The largest absolute Gasteiger partial charge is 0.320 e. The molecule has 1 aliphatic carbocycles. The second-order valence-corrected chi connectivity index (χ2v) is 5.84. The zero-order valence-electron chi connectivity index (χ0n) is 7.42. The van der Waals surface area contributed by atoms with Crippen molar-refractivity contribution in [3.05, 3.63) is 15.0 Å². The molecule has 0 unspecified atom stereocenters. The van der Waals surface area contributed by atoms with E-state index in [4.69, 9.17) is 5.73 Å². The van der Waals surface area contributed by atoms with Crippen molar-refractivity contribution in [2.75, 3.05) is 0 Å². The molecule has 0 radical (unpaired) electrons. The number of aromatic nitrogens is 1. The molecule has 13 heavy (non-hydrogen) atoms. The first-order chi connectivity index (χ1) is 6.21. The van der Waals surface area contributed by atoms with E-state index in [1.807, 2.05) is 0 Å². The maximum absolute atomic E-state index is 6.32. The van der Waals surface area contributed by atoms with Crippen molar-refractivity contribution in [2.24, 2.45) is 5.73 Å². The molecule has 0 aromatic carbocycles. The minimum absolute atomic E-state index is 0.138. The van der Waals surface area contributed by atoms with Crippen molar-refractivity contribution in [2.45, 2.75) is 37.6 Å². The van der Waals surface area contributed by atoms with Crippen molar-refractivity contribution < 1.29 is 0 Å². The highest BCUT2D eigenvalue weighted by molar-refractivity contribution is 9.11. The zero-order chi connectivity index (χ0) is 9.31. The van der Waals surface area contributed by atoms with Crippen LogP contribution in [-0.4, -0.2) is 4.98 Å². The third-order valence-electron chi connectivity index (χ3n) is 2.73. The van der Waals surface area contributed by atoms with Crippen molar-refractivity contribution in [1.29, 1.82) is 0 Å². The lowest BCUT2D eigenvalue weighted by molar-refractivity contribution is 0.296. The molecular formula is C9H13BrN2S. The number of nitrogens with zero attached hydrogens (tertiary/aromatic N) is 1. The molecule has 1 aromatic rings. The van der Waals surface area contributed by atoms with E-state index in [2.05, 4.69) is 26.3 Å². The minimum atomic E-state index is -0.138. The van der Waals surface area contributed by atoms with Gasteiger partial charge >= 0.3 is 0 Å².